The third kappa shape index (κ3) is 5.44. The molecule has 0 fully saturated rings. The summed E-state index contributed by atoms with van der Waals surface area (Å²) in [5, 5.41) is 11.4. The molecule has 0 unspecified atom stereocenters. The lowest BCUT2D eigenvalue weighted by molar-refractivity contribution is -0.254. The van der Waals surface area contributed by atoms with E-state index in [9.17, 15) is 18.7 Å². The lowest BCUT2D eigenvalue weighted by Gasteiger charge is -2.14. The maximum atomic E-state index is 12.5. The average Bonchev–Trinajstić information content (AvgIpc) is 2.74. The van der Waals surface area contributed by atoms with Crippen LogP contribution >= 0.6 is 0 Å². The van der Waals surface area contributed by atoms with Crippen molar-refractivity contribution >= 4 is 5.97 Å². The van der Waals surface area contributed by atoms with E-state index < -0.39 is 12.6 Å². The van der Waals surface area contributed by atoms with E-state index in [0.717, 1.165) is 17.5 Å². The predicted molar refractivity (Wildman–Crippen MR) is 112 cm³/mol. The van der Waals surface area contributed by atoms with Crippen molar-refractivity contribution in [3.8, 4) is 28.0 Å². The third-order valence-corrected chi connectivity index (χ3v) is 4.99. The molecule has 0 amide bonds. The number of carbonyl (C=O) groups is 1. The van der Waals surface area contributed by atoms with Gasteiger partial charge >= 0.3 is 6.61 Å². The molecular weight excluding hydrogens is 386 g/mol. The van der Waals surface area contributed by atoms with Gasteiger partial charge in [0.2, 0.25) is 0 Å². The lowest BCUT2D eigenvalue weighted by Crippen LogP contribution is -2.23. The topological polar surface area (TPSA) is 49.4 Å². The van der Waals surface area contributed by atoms with E-state index in [-0.39, 0.29) is 16.9 Å². The van der Waals surface area contributed by atoms with E-state index in [4.69, 9.17) is 0 Å². The molecule has 0 bridgehead atoms. The number of alkyl halides is 2. The number of benzene rings is 3. The fraction of sp³-hybridized carbons (Fsp3) is 0.240. The van der Waals surface area contributed by atoms with Gasteiger partial charge in [-0.3, -0.25) is 0 Å². The molecule has 3 rings (SSSR count). The number of carboxylic acid groups (broad SMARTS) is 1. The van der Waals surface area contributed by atoms with E-state index in [1.165, 1.54) is 43.0 Å². The summed E-state index contributed by atoms with van der Waals surface area (Å²) < 4.78 is 29.4. The molecule has 0 aliphatic rings. The molecule has 0 aromatic heterocycles. The third-order valence-electron chi connectivity index (χ3n) is 4.99. The molecule has 30 heavy (non-hydrogen) atoms. The smallest absolute Gasteiger partial charge is 0.387 e. The van der Waals surface area contributed by atoms with Crippen molar-refractivity contribution in [3.05, 3.63) is 77.9 Å². The SMILES string of the molecule is CCCCCc1ccc(-c2ccc(-c3cc(OC(F)F)ccc3C(=O)[O-])cc2)cc1. The molecule has 5 heteroatoms. The monoisotopic (exact) mass is 409 g/mol. The highest BCUT2D eigenvalue weighted by atomic mass is 19.3. The highest BCUT2D eigenvalue weighted by Crippen LogP contribution is 2.31. The van der Waals surface area contributed by atoms with Crippen LogP contribution in [0.5, 0.6) is 5.75 Å². The standard InChI is InChI=1S/C25H24F2O3/c1-2-3-4-5-17-6-8-18(9-7-17)19-10-12-20(13-11-19)23-16-21(30-25(26)27)14-15-22(23)24(28)29/h6-16,25H,2-5H2,1H3,(H,28,29)/p-1. The minimum absolute atomic E-state index is 0.0826. The first-order valence-corrected chi connectivity index (χ1v) is 9.98. The van der Waals surface area contributed by atoms with Crippen molar-refractivity contribution in [3.63, 3.8) is 0 Å². The van der Waals surface area contributed by atoms with Crippen LogP contribution in [-0.2, 0) is 6.42 Å². The maximum absolute atomic E-state index is 12.5. The Hall–Kier alpha value is -3.21. The molecule has 0 aliphatic heterocycles. The Morgan fingerprint density at radius 3 is 2.07 bits per heavy atom. The molecule has 0 spiro atoms. The van der Waals surface area contributed by atoms with Gasteiger partial charge < -0.3 is 14.6 Å². The number of aromatic carboxylic acids is 1. The predicted octanol–water partition coefficient (Wildman–Crippen LogP) is 5.72. The minimum atomic E-state index is -2.99. The molecule has 0 radical (unpaired) electrons. The second-order valence-electron chi connectivity index (χ2n) is 7.10. The van der Waals surface area contributed by atoms with Crippen molar-refractivity contribution in [2.45, 2.75) is 39.2 Å². The first-order valence-electron chi connectivity index (χ1n) is 9.98. The van der Waals surface area contributed by atoms with Crippen molar-refractivity contribution in [2.24, 2.45) is 0 Å². The highest BCUT2D eigenvalue weighted by Gasteiger charge is 2.11. The van der Waals surface area contributed by atoms with Crippen LogP contribution in [0.3, 0.4) is 0 Å². The van der Waals surface area contributed by atoms with Crippen LogP contribution < -0.4 is 9.84 Å². The van der Waals surface area contributed by atoms with Gasteiger partial charge in [0.1, 0.15) is 5.75 Å². The summed E-state index contributed by atoms with van der Waals surface area (Å²) in [6.07, 6.45) is 4.66. The Morgan fingerprint density at radius 1 is 0.900 bits per heavy atom. The van der Waals surface area contributed by atoms with Crippen LogP contribution in [0.15, 0.2) is 66.7 Å². The van der Waals surface area contributed by atoms with Crippen molar-refractivity contribution in [2.75, 3.05) is 0 Å². The summed E-state index contributed by atoms with van der Waals surface area (Å²) in [6, 6.07) is 19.4. The summed E-state index contributed by atoms with van der Waals surface area (Å²) in [6.45, 7) is -0.802. The Bertz CT molecular complexity index is 980. The Balaban J connectivity index is 1.84. The number of hydrogen-bond acceptors (Lipinski definition) is 3. The van der Waals surface area contributed by atoms with E-state index in [1.807, 2.05) is 12.1 Å². The van der Waals surface area contributed by atoms with Gasteiger partial charge in [0.15, 0.2) is 0 Å². The van der Waals surface area contributed by atoms with Crippen LogP contribution in [0.25, 0.3) is 22.3 Å². The normalized spacial score (nSPS) is 10.9. The Kier molecular flexibility index (Phi) is 7.17. The molecule has 0 N–H and O–H groups in total. The zero-order valence-corrected chi connectivity index (χ0v) is 16.7. The summed E-state index contributed by atoms with van der Waals surface area (Å²) >= 11 is 0. The van der Waals surface area contributed by atoms with E-state index in [0.29, 0.717) is 5.56 Å². The van der Waals surface area contributed by atoms with Gasteiger partial charge in [-0.25, -0.2) is 0 Å². The van der Waals surface area contributed by atoms with Gasteiger partial charge in [-0.15, -0.1) is 0 Å². The number of ether oxygens (including phenoxy) is 1. The lowest BCUT2D eigenvalue weighted by atomic mass is 9.96. The summed E-state index contributed by atoms with van der Waals surface area (Å²) in [5.74, 6) is -1.48. The summed E-state index contributed by atoms with van der Waals surface area (Å²) in [4.78, 5) is 11.4. The molecule has 0 saturated carbocycles. The second-order valence-corrected chi connectivity index (χ2v) is 7.10. The van der Waals surface area contributed by atoms with Crippen molar-refractivity contribution in [1.29, 1.82) is 0 Å². The summed E-state index contributed by atoms with van der Waals surface area (Å²) in [7, 11) is 0. The van der Waals surface area contributed by atoms with Crippen LogP contribution in [0.2, 0.25) is 0 Å². The van der Waals surface area contributed by atoms with Crippen molar-refractivity contribution < 1.29 is 23.4 Å². The molecule has 3 aromatic carbocycles. The molecule has 0 heterocycles. The molecule has 3 nitrogen and oxygen atoms in total. The van der Waals surface area contributed by atoms with Crippen molar-refractivity contribution in [1.82, 2.24) is 0 Å². The zero-order valence-electron chi connectivity index (χ0n) is 16.7. The van der Waals surface area contributed by atoms with Crippen LogP contribution in [0, 0.1) is 0 Å². The minimum Gasteiger partial charge on any atom is -0.545 e. The van der Waals surface area contributed by atoms with Gasteiger partial charge in [0.25, 0.3) is 0 Å². The number of unbranched alkanes of at least 4 members (excludes halogenated alkanes) is 2. The highest BCUT2D eigenvalue weighted by molar-refractivity contribution is 5.95. The van der Waals surface area contributed by atoms with Crippen LogP contribution in [-0.4, -0.2) is 12.6 Å². The fourth-order valence-corrected chi connectivity index (χ4v) is 3.40. The van der Waals surface area contributed by atoms with E-state index in [2.05, 4.69) is 35.9 Å². The maximum Gasteiger partial charge on any atom is 0.387 e. The first-order chi connectivity index (χ1) is 14.5. The molecule has 156 valence electrons. The van der Waals surface area contributed by atoms with E-state index >= 15 is 0 Å². The number of rotatable bonds is 9. The van der Waals surface area contributed by atoms with Gasteiger partial charge in [-0.2, -0.15) is 8.78 Å². The Morgan fingerprint density at radius 2 is 1.50 bits per heavy atom. The van der Waals surface area contributed by atoms with E-state index in [1.54, 1.807) is 12.1 Å². The van der Waals surface area contributed by atoms with Crippen LogP contribution in [0.4, 0.5) is 8.78 Å². The largest absolute Gasteiger partial charge is 0.545 e. The van der Waals surface area contributed by atoms with Crippen LogP contribution in [0.1, 0.15) is 42.1 Å². The Labute approximate surface area is 175 Å². The second kappa shape index (κ2) is 10.0. The number of carbonyl (C=O) groups excluding carboxylic acids is 1. The molecule has 0 atom stereocenters. The molecular formula is C25H23F2O3-. The average molecular weight is 409 g/mol. The van der Waals surface area contributed by atoms with Gasteiger partial charge in [-0.05, 0) is 58.9 Å². The fourth-order valence-electron chi connectivity index (χ4n) is 3.40. The number of halogens is 2. The van der Waals surface area contributed by atoms with Gasteiger partial charge in [0, 0.05) is 5.56 Å². The quantitative estimate of drug-likeness (QED) is 0.425. The van der Waals surface area contributed by atoms with Gasteiger partial charge in [-0.1, -0.05) is 68.3 Å². The molecule has 0 saturated heterocycles. The number of aryl methyl sites for hydroxylation is 1. The number of hydrogen-bond donors (Lipinski definition) is 0. The number of carboxylic acids is 1. The molecule has 3 aromatic rings. The summed E-state index contributed by atoms with van der Waals surface area (Å²) in [5.41, 5.74) is 4.10. The van der Waals surface area contributed by atoms with Gasteiger partial charge in [0.05, 0.1) is 5.97 Å². The first kappa shape index (κ1) is 21.5. The zero-order chi connectivity index (χ0) is 21.5. The molecule has 0 aliphatic carbocycles.